The second-order valence-electron chi connectivity index (χ2n) is 6.72. The Kier molecular flexibility index (Phi) is 5.34. The zero-order valence-corrected chi connectivity index (χ0v) is 16.2. The number of aromatic nitrogens is 2. The van der Waals surface area contributed by atoms with Crippen LogP contribution in [0.25, 0.3) is 5.69 Å². The van der Waals surface area contributed by atoms with Crippen LogP contribution < -0.4 is 5.32 Å². The number of furan rings is 1. The van der Waals surface area contributed by atoms with Crippen molar-refractivity contribution in [1.82, 2.24) is 14.9 Å². The van der Waals surface area contributed by atoms with Crippen LogP contribution in [0.15, 0.2) is 58.3 Å². The number of nitrogens with zero attached hydrogens (tertiary/aromatic N) is 2. The maximum absolute atomic E-state index is 12.5. The third kappa shape index (κ3) is 3.95. The van der Waals surface area contributed by atoms with Crippen LogP contribution >= 0.6 is 11.8 Å². The molecular weight excluding hydrogens is 358 g/mol. The molecule has 0 bridgehead atoms. The Labute approximate surface area is 163 Å². The molecule has 27 heavy (non-hydrogen) atoms. The molecule has 2 heterocycles. The number of fused-ring (bicyclic) bond motifs is 1. The van der Waals surface area contributed by atoms with E-state index in [1.54, 1.807) is 6.26 Å². The third-order valence-electron chi connectivity index (χ3n) is 4.78. The Morgan fingerprint density at radius 1 is 1.22 bits per heavy atom. The molecule has 0 aliphatic heterocycles. The summed E-state index contributed by atoms with van der Waals surface area (Å²) in [6, 6.07) is 14.0. The van der Waals surface area contributed by atoms with Crippen molar-refractivity contribution in [2.24, 2.45) is 0 Å². The summed E-state index contributed by atoms with van der Waals surface area (Å²) in [5.74, 6) is 0.735. The largest absolute Gasteiger partial charge is 0.467 e. The molecule has 5 nitrogen and oxygen atoms in total. The number of benzene rings is 1. The van der Waals surface area contributed by atoms with Gasteiger partial charge in [-0.25, -0.2) is 4.98 Å². The number of amides is 1. The van der Waals surface area contributed by atoms with Gasteiger partial charge in [0.1, 0.15) is 5.76 Å². The fourth-order valence-electron chi connectivity index (χ4n) is 3.38. The van der Waals surface area contributed by atoms with Gasteiger partial charge < -0.3 is 9.73 Å². The van der Waals surface area contributed by atoms with Gasteiger partial charge in [0.15, 0.2) is 5.16 Å². The highest BCUT2D eigenvalue weighted by atomic mass is 32.2. The van der Waals surface area contributed by atoms with Crippen molar-refractivity contribution in [2.45, 2.75) is 49.6 Å². The van der Waals surface area contributed by atoms with Crippen molar-refractivity contribution in [3.8, 4) is 5.69 Å². The second kappa shape index (κ2) is 8.05. The van der Waals surface area contributed by atoms with E-state index in [4.69, 9.17) is 9.40 Å². The first-order chi connectivity index (χ1) is 13.2. The average Bonchev–Trinajstić information content (AvgIpc) is 3.34. The van der Waals surface area contributed by atoms with Crippen LogP contribution in [0.3, 0.4) is 0 Å². The molecule has 1 atom stereocenters. The molecule has 0 spiro atoms. The summed E-state index contributed by atoms with van der Waals surface area (Å²) in [6.45, 7) is 2.32. The Balaban J connectivity index is 1.54. The molecule has 4 rings (SSSR count). The first-order valence-electron chi connectivity index (χ1n) is 9.35. The zero-order valence-electron chi connectivity index (χ0n) is 15.4. The Bertz CT molecular complexity index is 903. The number of aryl methyl sites for hydroxylation is 1. The number of thioether (sulfide) groups is 1. The summed E-state index contributed by atoms with van der Waals surface area (Å²) >= 11 is 1.51. The van der Waals surface area contributed by atoms with E-state index in [9.17, 15) is 4.79 Å². The van der Waals surface area contributed by atoms with E-state index in [0.717, 1.165) is 29.4 Å². The lowest BCUT2D eigenvalue weighted by Gasteiger charge is -2.16. The van der Waals surface area contributed by atoms with Crippen LogP contribution in [-0.4, -0.2) is 20.7 Å². The SMILES string of the molecule is C[C@H](Sc1nc2c(n1-c1ccccc1)CCCC2)C(=O)NCc1ccco1. The number of nitrogens with one attached hydrogen (secondary N) is 1. The van der Waals surface area contributed by atoms with Crippen molar-refractivity contribution in [3.05, 3.63) is 65.9 Å². The van der Waals surface area contributed by atoms with Crippen LogP contribution in [0.1, 0.15) is 36.9 Å². The fraction of sp³-hybridized carbons (Fsp3) is 0.333. The second-order valence-corrected chi connectivity index (χ2v) is 8.03. The summed E-state index contributed by atoms with van der Waals surface area (Å²) in [5, 5.41) is 3.59. The van der Waals surface area contributed by atoms with Gasteiger partial charge in [0.2, 0.25) is 5.91 Å². The standard InChI is InChI=1S/C21H23N3O2S/c1-15(20(25)22-14-17-10-7-13-26-17)27-21-23-18-11-5-6-12-19(18)24(21)16-8-3-2-4-9-16/h2-4,7-10,13,15H,5-6,11-12,14H2,1H3,(H,22,25)/t15-/m0/s1. The smallest absolute Gasteiger partial charge is 0.233 e. The highest BCUT2D eigenvalue weighted by Crippen LogP contribution is 2.32. The van der Waals surface area contributed by atoms with Crippen LogP contribution in [0.4, 0.5) is 0 Å². The third-order valence-corrected chi connectivity index (χ3v) is 5.84. The fourth-order valence-corrected chi connectivity index (χ4v) is 4.37. The van der Waals surface area contributed by atoms with Crippen LogP contribution in [-0.2, 0) is 24.2 Å². The molecule has 6 heteroatoms. The molecule has 3 aromatic rings. The lowest BCUT2D eigenvalue weighted by Crippen LogP contribution is -2.30. The molecule has 0 saturated carbocycles. The first-order valence-corrected chi connectivity index (χ1v) is 10.2. The summed E-state index contributed by atoms with van der Waals surface area (Å²) < 4.78 is 7.51. The summed E-state index contributed by atoms with van der Waals surface area (Å²) in [7, 11) is 0. The molecule has 1 N–H and O–H groups in total. The van der Waals surface area contributed by atoms with E-state index in [0.29, 0.717) is 6.54 Å². The van der Waals surface area contributed by atoms with Gasteiger partial charge in [0, 0.05) is 11.4 Å². The van der Waals surface area contributed by atoms with Crippen LogP contribution in [0.2, 0.25) is 0 Å². The quantitative estimate of drug-likeness (QED) is 0.652. The summed E-state index contributed by atoms with van der Waals surface area (Å²) in [5.41, 5.74) is 3.58. The van der Waals surface area contributed by atoms with Gasteiger partial charge in [-0.2, -0.15) is 0 Å². The number of para-hydroxylation sites is 1. The van der Waals surface area contributed by atoms with Crippen molar-refractivity contribution < 1.29 is 9.21 Å². The highest BCUT2D eigenvalue weighted by Gasteiger charge is 2.24. The van der Waals surface area contributed by atoms with Gasteiger partial charge in [-0.15, -0.1) is 0 Å². The molecule has 0 radical (unpaired) electrons. The van der Waals surface area contributed by atoms with Gasteiger partial charge in [0.05, 0.1) is 23.8 Å². The molecular formula is C21H23N3O2S. The summed E-state index contributed by atoms with van der Waals surface area (Å²) in [6.07, 6.45) is 6.04. The Hall–Kier alpha value is -2.47. The van der Waals surface area contributed by atoms with Crippen molar-refractivity contribution in [3.63, 3.8) is 0 Å². The molecule has 0 fully saturated rings. The maximum Gasteiger partial charge on any atom is 0.233 e. The highest BCUT2D eigenvalue weighted by molar-refractivity contribution is 8.00. The molecule has 0 unspecified atom stereocenters. The maximum atomic E-state index is 12.5. The number of rotatable bonds is 6. The van der Waals surface area contributed by atoms with Crippen LogP contribution in [0, 0.1) is 0 Å². The number of imidazole rings is 1. The van der Waals surface area contributed by atoms with Gasteiger partial charge in [-0.1, -0.05) is 30.0 Å². The van der Waals surface area contributed by atoms with E-state index >= 15 is 0 Å². The van der Waals surface area contributed by atoms with Gasteiger partial charge in [-0.3, -0.25) is 9.36 Å². The normalized spacial score (nSPS) is 14.6. The van der Waals surface area contributed by atoms with E-state index in [2.05, 4.69) is 22.0 Å². The predicted octanol–water partition coefficient (Wildman–Crippen LogP) is 4.14. The Morgan fingerprint density at radius 2 is 2.04 bits per heavy atom. The molecule has 1 aliphatic carbocycles. The molecule has 0 saturated heterocycles. The first kappa shape index (κ1) is 17.9. The lowest BCUT2D eigenvalue weighted by molar-refractivity contribution is -0.120. The average molecular weight is 382 g/mol. The van der Waals surface area contributed by atoms with Gasteiger partial charge in [0.25, 0.3) is 0 Å². The van der Waals surface area contributed by atoms with E-state index in [1.807, 2.05) is 37.3 Å². The molecule has 140 valence electrons. The number of hydrogen-bond donors (Lipinski definition) is 1. The minimum Gasteiger partial charge on any atom is -0.467 e. The lowest BCUT2D eigenvalue weighted by atomic mass is 10.0. The number of carbonyl (C=O) groups is 1. The molecule has 1 amide bonds. The molecule has 1 aliphatic rings. The summed E-state index contributed by atoms with van der Waals surface area (Å²) in [4.78, 5) is 17.4. The van der Waals surface area contributed by atoms with E-state index in [-0.39, 0.29) is 11.2 Å². The van der Waals surface area contributed by atoms with Gasteiger partial charge >= 0.3 is 0 Å². The van der Waals surface area contributed by atoms with Crippen molar-refractivity contribution >= 4 is 17.7 Å². The topological polar surface area (TPSA) is 60.1 Å². The number of carbonyl (C=O) groups excluding carboxylic acids is 1. The predicted molar refractivity (Wildman–Crippen MR) is 106 cm³/mol. The van der Waals surface area contributed by atoms with Gasteiger partial charge in [-0.05, 0) is 56.9 Å². The number of hydrogen-bond acceptors (Lipinski definition) is 4. The van der Waals surface area contributed by atoms with Crippen LogP contribution in [0.5, 0.6) is 0 Å². The van der Waals surface area contributed by atoms with E-state index in [1.165, 1.54) is 36.0 Å². The minimum absolute atomic E-state index is 0.0167. The van der Waals surface area contributed by atoms with Crippen molar-refractivity contribution in [2.75, 3.05) is 0 Å². The Morgan fingerprint density at radius 3 is 2.81 bits per heavy atom. The van der Waals surface area contributed by atoms with E-state index < -0.39 is 0 Å². The molecule has 2 aromatic heterocycles. The zero-order chi connectivity index (χ0) is 18.6. The monoisotopic (exact) mass is 381 g/mol. The molecule has 1 aromatic carbocycles. The minimum atomic E-state index is -0.244. The van der Waals surface area contributed by atoms with Crippen molar-refractivity contribution in [1.29, 1.82) is 0 Å².